The van der Waals surface area contributed by atoms with Gasteiger partial charge in [0, 0.05) is 16.5 Å². The number of hydrogen-bond donors (Lipinski definition) is 2. The highest BCUT2D eigenvalue weighted by atomic mass is 16.5. The molecule has 24 heavy (non-hydrogen) atoms. The summed E-state index contributed by atoms with van der Waals surface area (Å²) < 4.78 is 5.69. The summed E-state index contributed by atoms with van der Waals surface area (Å²) in [5.41, 5.74) is 2.18. The molecule has 0 aliphatic carbocycles. The van der Waals surface area contributed by atoms with Crippen LogP contribution >= 0.6 is 0 Å². The van der Waals surface area contributed by atoms with Crippen molar-refractivity contribution in [3.63, 3.8) is 0 Å². The van der Waals surface area contributed by atoms with Gasteiger partial charge in [-0.05, 0) is 24.3 Å². The molecule has 2 N–H and O–H groups in total. The molecule has 0 unspecified atom stereocenters. The lowest BCUT2D eigenvalue weighted by Gasteiger charge is -2.09. The van der Waals surface area contributed by atoms with Crippen LogP contribution in [0.1, 0.15) is 10.4 Å². The number of aromatic nitrogens is 2. The lowest BCUT2D eigenvalue weighted by atomic mass is 10.1. The number of H-pyrrole nitrogens is 1. The van der Waals surface area contributed by atoms with E-state index in [1.54, 1.807) is 6.07 Å². The highest BCUT2D eigenvalue weighted by Crippen LogP contribution is 2.29. The Morgan fingerprint density at radius 3 is 2.62 bits per heavy atom. The SMILES string of the molecule is C[NH+](C)CCOc1ccc(-c2n[nH]c3c(C(=O)[O-])cccc23)cc1. The highest BCUT2D eigenvalue weighted by molar-refractivity contribution is 6.05. The van der Waals surface area contributed by atoms with Gasteiger partial charge in [-0.25, -0.2) is 0 Å². The maximum Gasteiger partial charge on any atom is 0.137 e. The minimum absolute atomic E-state index is 0.109. The highest BCUT2D eigenvalue weighted by Gasteiger charge is 2.11. The normalized spacial score (nSPS) is 11.1. The molecule has 0 aliphatic rings. The van der Waals surface area contributed by atoms with Gasteiger partial charge < -0.3 is 19.5 Å². The number of aromatic amines is 1. The van der Waals surface area contributed by atoms with Gasteiger partial charge in [-0.3, -0.25) is 5.10 Å². The lowest BCUT2D eigenvalue weighted by molar-refractivity contribution is -0.858. The van der Waals surface area contributed by atoms with Crippen LogP contribution in [-0.4, -0.2) is 43.4 Å². The Kier molecular flexibility index (Phi) is 4.48. The molecule has 0 bridgehead atoms. The van der Waals surface area contributed by atoms with Crippen LogP contribution in [0.3, 0.4) is 0 Å². The molecule has 0 radical (unpaired) electrons. The van der Waals surface area contributed by atoms with Gasteiger partial charge in [-0.15, -0.1) is 0 Å². The smallest absolute Gasteiger partial charge is 0.137 e. The van der Waals surface area contributed by atoms with Gasteiger partial charge in [0.1, 0.15) is 18.9 Å². The van der Waals surface area contributed by atoms with Crippen LogP contribution in [0.5, 0.6) is 5.75 Å². The number of fused-ring (bicyclic) bond motifs is 1. The van der Waals surface area contributed by atoms with E-state index in [0.717, 1.165) is 23.2 Å². The lowest BCUT2D eigenvalue weighted by Crippen LogP contribution is -3.06. The van der Waals surface area contributed by atoms with E-state index in [0.29, 0.717) is 17.8 Å². The number of quaternary nitrogens is 1. The number of ether oxygens (including phenoxy) is 1. The summed E-state index contributed by atoms with van der Waals surface area (Å²) in [4.78, 5) is 12.5. The third-order valence-corrected chi connectivity index (χ3v) is 3.82. The zero-order chi connectivity index (χ0) is 17.1. The topological polar surface area (TPSA) is 82.5 Å². The van der Waals surface area contributed by atoms with Crippen molar-refractivity contribution in [1.29, 1.82) is 0 Å². The fourth-order valence-corrected chi connectivity index (χ4v) is 2.51. The minimum atomic E-state index is -1.22. The van der Waals surface area contributed by atoms with Crippen molar-refractivity contribution in [1.82, 2.24) is 10.2 Å². The van der Waals surface area contributed by atoms with Crippen LogP contribution < -0.4 is 14.7 Å². The van der Waals surface area contributed by atoms with Gasteiger partial charge in [-0.2, -0.15) is 5.10 Å². The van der Waals surface area contributed by atoms with E-state index in [-0.39, 0.29) is 5.56 Å². The Bertz CT molecular complexity index is 854. The van der Waals surface area contributed by atoms with Crippen molar-refractivity contribution in [3.05, 3.63) is 48.0 Å². The first-order chi connectivity index (χ1) is 11.6. The van der Waals surface area contributed by atoms with Crippen molar-refractivity contribution >= 4 is 16.9 Å². The Morgan fingerprint density at radius 1 is 1.21 bits per heavy atom. The Hall–Kier alpha value is -2.86. The average molecular weight is 325 g/mol. The average Bonchev–Trinajstić information content (AvgIpc) is 2.99. The second-order valence-electron chi connectivity index (χ2n) is 5.92. The van der Waals surface area contributed by atoms with Gasteiger partial charge in [0.2, 0.25) is 0 Å². The van der Waals surface area contributed by atoms with Crippen LogP contribution in [0.2, 0.25) is 0 Å². The summed E-state index contributed by atoms with van der Waals surface area (Å²) in [6, 6.07) is 12.6. The maximum absolute atomic E-state index is 11.2. The van der Waals surface area contributed by atoms with E-state index in [1.807, 2.05) is 30.3 Å². The molecule has 3 rings (SSSR count). The van der Waals surface area contributed by atoms with Crippen molar-refractivity contribution in [2.45, 2.75) is 0 Å². The third kappa shape index (κ3) is 3.23. The number of benzene rings is 2. The first-order valence-electron chi connectivity index (χ1n) is 7.77. The molecule has 0 atom stereocenters. The number of aromatic carboxylic acids is 1. The van der Waals surface area contributed by atoms with Gasteiger partial charge in [0.25, 0.3) is 0 Å². The molecule has 2 aromatic carbocycles. The van der Waals surface area contributed by atoms with Crippen molar-refractivity contribution in [2.24, 2.45) is 0 Å². The van der Waals surface area contributed by atoms with E-state index in [4.69, 9.17) is 4.74 Å². The predicted molar refractivity (Wildman–Crippen MR) is 89.0 cm³/mol. The van der Waals surface area contributed by atoms with Crippen LogP contribution in [0, 0.1) is 0 Å². The second-order valence-corrected chi connectivity index (χ2v) is 5.92. The fourth-order valence-electron chi connectivity index (χ4n) is 2.51. The first-order valence-corrected chi connectivity index (χ1v) is 7.77. The molecule has 0 amide bonds. The van der Waals surface area contributed by atoms with Crippen LogP contribution in [-0.2, 0) is 0 Å². The molecule has 1 heterocycles. The molecular formula is C18H19N3O3. The van der Waals surface area contributed by atoms with Crippen LogP contribution in [0.25, 0.3) is 22.2 Å². The zero-order valence-corrected chi connectivity index (χ0v) is 13.6. The largest absolute Gasteiger partial charge is 0.545 e. The van der Waals surface area contributed by atoms with Gasteiger partial charge in [-0.1, -0.05) is 18.2 Å². The molecule has 0 spiro atoms. The second kappa shape index (κ2) is 6.72. The van der Waals surface area contributed by atoms with Gasteiger partial charge in [0.15, 0.2) is 0 Å². The number of hydrogen-bond acceptors (Lipinski definition) is 4. The number of carboxylic acid groups (broad SMARTS) is 1. The summed E-state index contributed by atoms with van der Waals surface area (Å²) in [6.45, 7) is 1.58. The Labute approximate surface area is 139 Å². The molecule has 0 saturated heterocycles. The molecule has 1 aromatic heterocycles. The fraction of sp³-hybridized carbons (Fsp3) is 0.222. The number of nitrogens with one attached hydrogen (secondary N) is 2. The zero-order valence-electron chi connectivity index (χ0n) is 13.6. The molecular weight excluding hydrogens is 306 g/mol. The Morgan fingerprint density at radius 2 is 1.96 bits per heavy atom. The van der Waals surface area contributed by atoms with Gasteiger partial charge >= 0.3 is 0 Å². The summed E-state index contributed by atoms with van der Waals surface area (Å²) in [5, 5.41) is 19.0. The molecule has 6 nitrogen and oxygen atoms in total. The van der Waals surface area contributed by atoms with E-state index in [9.17, 15) is 9.90 Å². The molecule has 0 saturated carbocycles. The third-order valence-electron chi connectivity index (χ3n) is 3.82. The summed E-state index contributed by atoms with van der Waals surface area (Å²) in [6.07, 6.45) is 0. The minimum Gasteiger partial charge on any atom is -0.545 e. The molecule has 6 heteroatoms. The van der Waals surface area contributed by atoms with Crippen molar-refractivity contribution < 1.29 is 19.5 Å². The van der Waals surface area contributed by atoms with Crippen molar-refractivity contribution in [2.75, 3.05) is 27.2 Å². The number of carbonyl (C=O) groups is 1. The summed E-state index contributed by atoms with van der Waals surface area (Å²) in [7, 11) is 4.16. The number of carbonyl (C=O) groups excluding carboxylic acids is 1. The molecule has 0 fully saturated rings. The van der Waals surface area contributed by atoms with E-state index < -0.39 is 5.97 Å². The monoisotopic (exact) mass is 325 g/mol. The first kappa shape index (κ1) is 16.0. The van der Waals surface area contributed by atoms with Crippen LogP contribution in [0.15, 0.2) is 42.5 Å². The predicted octanol–water partition coefficient (Wildman–Crippen LogP) is 0.117. The van der Waals surface area contributed by atoms with Crippen molar-refractivity contribution in [3.8, 4) is 17.0 Å². The molecule has 124 valence electrons. The van der Waals surface area contributed by atoms with Crippen LogP contribution in [0.4, 0.5) is 0 Å². The number of nitrogens with zero attached hydrogens (tertiary/aromatic N) is 1. The number of carboxylic acids is 1. The quantitative estimate of drug-likeness (QED) is 0.674. The maximum atomic E-state index is 11.2. The van der Waals surface area contributed by atoms with E-state index >= 15 is 0 Å². The van der Waals surface area contributed by atoms with Gasteiger partial charge in [0.05, 0.1) is 31.3 Å². The Balaban J connectivity index is 1.86. The van der Waals surface area contributed by atoms with E-state index in [2.05, 4.69) is 24.3 Å². The molecule has 0 aliphatic heterocycles. The number of rotatable bonds is 6. The van der Waals surface area contributed by atoms with E-state index in [1.165, 1.54) is 11.0 Å². The standard InChI is InChI=1S/C18H19N3O3/c1-21(2)10-11-24-13-8-6-12(7-9-13)16-14-4-3-5-15(18(22)23)17(14)20-19-16/h3-9H,10-11H2,1-2H3,(H,19,20)(H,22,23). The summed E-state index contributed by atoms with van der Waals surface area (Å²) >= 11 is 0. The molecule has 3 aromatic rings. The number of likely N-dealkylation sites (N-methyl/N-ethyl adjacent to an activating group) is 1. The summed E-state index contributed by atoms with van der Waals surface area (Å²) in [5.74, 6) is -0.419. The number of para-hydroxylation sites is 1.